The zero-order valence-electron chi connectivity index (χ0n) is 14.1. The molecule has 0 radical (unpaired) electrons. The molecule has 1 aliphatic rings. The summed E-state index contributed by atoms with van der Waals surface area (Å²) in [5.41, 5.74) is 1.02. The lowest BCUT2D eigenvalue weighted by Crippen LogP contribution is -2.41. The zero-order valence-corrected chi connectivity index (χ0v) is 14.1. The molecule has 9 heteroatoms. The van der Waals surface area contributed by atoms with E-state index in [1.54, 1.807) is 11.0 Å². The summed E-state index contributed by atoms with van der Waals surface area (Å²) in [6.07, 6.45) is -3.44. The van der Waals surface area contributed by atoms with Crippen LogP contribution in [0.2, 0.25) is 0 Å². The van der Waals surface area contributed by atoms with Crippen LogP contribution in [0.1, 0.15) is 36.1 Å². The first kappa shape index (κ1) is 18.2. The lowest BCUT2D eigenvalue weighted by atomic mass is 9.98. The first-order valence-corrected chi connectivity index (χ1v) is 8.21. The molecule has 0 saturated carbocycles. The van der Waals surface area contributed by atoms with E-state index in [4.69, 9.17) is 9.15 Å². The van der Waals surface area contributed by atoms with Crippen molar-refractivity contribution >= 4 is 5.91 Å². The Morgan fingerprint density at radius 3 is 2.88 bits per heavy atom. The number of aryl methyl sites for hydroxylation is 1. The van der Waals surface area contributed by atoms with Crippen molar-refractivity contribution in [1.82, 2.24) is 15.1 Å². The fourth-order valence-electron chi connectivity index (χ4n) is 2.86. The van der Waals surface area contributed by atoms with Gasteiger partial charge in [0, 0.05) is 13.1 Å². The molecular weight excluding hydrogens is 351 g/mol. The van der Waals surface area contributed by atoms with Crippen LogP contribution < -0.4 is 4.74 Å². The average molecular weight is 369 g/mol. The summed E-state index contributed by atoms with van der Waals surface area (Å²) in [6.45, 7) is 2.54. The first-order chi connectivity index (χ1) is 12.3. The minimum Gasteiger partial charge on any atom is -0.484 e. The van der Waals surface area contributed by atoms with E-state index in [-0.39, 0.29) is 24.9 Å². The van der Waals surface area contributed by atoms with Crippen LogP contribution in [0.5, 0.6) is 5.75 Å². The maximum atomic E-state index is 12.6. The lowest BCUT2D eigenvalue weighted by Gasteiger charge is -2.31. The molecule has 140 valence electrons. The molecule has 1 atom stereocenters. The molecule has 3 rings (SSSR count). The normalized spacial score (nSPS) is 18.0. The molecular formula is C17H18F3N3O3. The van der Waals surface area contributed by atoms with Gasteiger partial charge in [-0.1, -0.05) is 12.1 Å². The molecule has 1 aromatic heterocycles. The number of aromatic nitrogens is 2. The lowest BCUT2D eigenvalue weighted by molar-refractivity contribution is -0.157. The Morgan fingerprint density at radius 2 is 2.19 bits per heavy atom. The van der Waals surface area contributed by atoms with Crippen LogP contribution in [0.25, 0.3) is 0 Å². The minimum absolute atomic E-state index is 0.0885. The fourth-order valence-corrected chi connectivity index (χ4v) is 2.86. The Hall–Kier alpha value is -2.58. The molecule has 1 aromatic carbocycles. The third-order valence-electron chi connectivity index (χ3n) is 4.16. The van der Waals surface area contributed by atoms with Crippen LogP contribution in [0.4, 0.5) is 13.2 Å². The van der Waals surface area contributed by atoms with E-state index in [1.165, 1.54) is 0 Å². The second kappa shape index (κ2) is 7.35. The second-order valence-electron chi connectivity index (χ2n) is 6.23. The number of benzene rings is 1. The number of nitrogens with zero attached hydrogens (tertiary/aromatic N) is 3. The van der Waals surface area contributed by atoms with Gasteiger partial charge in [-0.25, -0.2) is 0 Å². The van der Waals surface area contributed by atoms with Gasteiger partial charge in [-0.2, -0.15) is 13.2 Å². The summed E-state index contributed by atoms with van der Waals surface area (Å²) in [5, 5.41) is 6.54. The summed E-state index contributed by atoms with van der Waals surface area (Å²) in [7, 11) is 0. The van der Waals surface area contributed by atoms with Gasteiger partial charge in [0.2, 0.25) is 5.89 Å². The van der Waals surface area contributed by atoms with Gasteiger partial charge >= 0.3 is 12.1 Å². The van der Waals surface area contributed by atoms with Crippen LogP contribution in [0, 0.1) is 6.92 Å². The second-order valence-corrected chi connectivity index (χ2v) is 6.23. The van der Waals surface area contributed by atoms with Crippen molar-refractivity contribution in [1.29, 1.82) is 0 Å². The van der Waals surface area contributed by atoms with Crippen LogP contribution in [-0.2, 0) is 11.0 Å². The molecule has 1 aliphatic heterocycles. The Morgan fingerprint density at radius 1 is 1.38 bits per heavy atom. The van der Waals surface area contributed by atoms with Gasteiger partial charge in [0.15, 0.2) is 6.61 Å². The summed E-state index contributed by atoms with van der Waals surface area (Å²) < 4.78 is 48.0. The number of amides is 1. The Balaban J connectivity index is 1.59. The number of rotatable bonds is 4. The Bertz CT molecular complexity index is 776. The Kier molecular flexibility index (Phi) is 5.15. The first-order valence-electron chi connectivity index (χ1n) is 8.21. The van der Waals surface area contributed by atoms with Crippen LogP contribution in [0.3, 0.4) is 0 Å². The van der Waals surface area contributed by atoms with Crippen molar-refractivity contribution in [3.63, 3.8) is 0 Å². The van der Waals surface area contributed by atoms with Gasteiger partial charge in [0.05, 0.1) is 5.92 Å². The number of hydrogen-bond donors (Lipinski definition) is 0. The van der Waals surface area contributed by atoms with E-state index in [0.717, 1.165) is 5.56 Å². The summed E-state index contributed by atoms with van der Waals surface area (Å²) >= 11 is 0. The highest BCUT2D eigenvalue weighted by molar-refractivity contribution is 5.78. The van der Waals surface area contributed by atoms with Crippen LogP contribution in [0.15, 0.2) is 28.7 Å². The molecule has 26 heavy (non-hydrogen) atoms. The third kappa shape index (κ3) is 4.33. The van der Waals surface area contributed by atoms with Gasteiger partial charge in [0.1, 0.15) is 5.75 Å². The number of carbonyl (C=O) groups excluding carboxylic acids is 1. The predicted molar refractivity (Wildman–Crippen MR) is 84.5 cm³/mol. The van der Waals surface area contributed by atoms with E-state index >= 15 is 0 Å². The molecule has 6 nitrogen and oxygen atoms in total. The maximum absolute atomic E-state index is 12.6. The standard InChI is InChI=1S/C17H18F3N3O3/c1-11-4-2-6-13(8-11)25-10-14(24)23-7-3-5-12(9-23)15-21-22-16(26-15)17(18,19)20/h2,4,6,8,12H,3,5,7,9-10H2,1H3. The number of piperidine rings is 1. The molecule has 0 aliphatic carbocycles. The number of alkyl halides is 3. The number of carbonyl (C=O) groups is 1. The minimum atomic E-state index is -4.67. The number of likely N-dealkylation sites (tertiary alicyclic amines) is 1. The predicted octanol–water partition coefficient (Wildman–Crippen LogP) is 3.18. The fraction of sp³-hybridized carbons (Fsp3) is 0.471. The highest BCUT2D eigenvalue weighted by Gasteiger charge is 2.39. The molecule has 2 heterocycles. The van der Waals surface area contributed by atoms with Gasteiger partial charge in [-0.3, -0.25) is 4.79 Å². The molecule has 0 spiro atoms. The van der Waals surface area contributed by atoms with Gasteiger partial charge in [0.25, 0.3) is 5.91 Å². The topological polar surface area (TPSA) is 68.5 Å². The van der Waals surface area contributed by atoms with E-state index in [2.05, 4.69) is 10.2 Å². The molecule has 0 bridgehead atoms. The highest BCUT2D eigenvalue weighted by atomic mass is 19.4. The van der Waals surface area contributed by atoms with E-state index < -0.39 is 18.0 Å². The molecule has 1 unspecified atom stereocenters. The third-order valence-corrected chi connectivity index (χ3v) is 4.16. The SMILES string of the molecule is Cc1cccc(OCC(=O)N2CCCC(c3nnc(C(F)(F)F)o3)C2)c1. The van der Waals surface area contributed by atoms with E-state index in [0.29, 0.717) is 25.1 Å². The van der Waals surface area contributed by atoms with Gasteiger partial charge < -0.3 is 14.1 Å². The smallest absolute Gasteiger partial charge is 0.470 e. The molecule has 1 saturated heterocycles. The summed E-state index contributed by atoms with van der Waals surface area (Å²) in [6, 6.07) is 7.34. The van der Waals surface area contributed by atoms with Crippen molar-refractivity contribution in [2.24, 2.45) is 0 Å². The molecule has 1 fully saturated rings. The van der Waals surface area contributed by atoms with E-state index in [9.17, 15) is 18.0 Å². The Labute approximate surface area is 148 Å². The molecule has 1 amide bonds. The largest absolute Gasteiger partial charge is 0.484 e. The van der Waals surface area contributed by atoms with Crippen LogP contribution in [-0.4, -0.2) is 40.7 Å². The van der Waals surface area contributed by atoms with Gasteiger partial charge in [-0.05, 0) is 37.5 Å². The zero-order chi connectivity index (χ0) is 18.7. The monoisotopic (exact) mass is 369 g/mol. The number of ether oxygens (including phenoxy) is 1. The maximum Gasteiger partial charge on any atom is 0.470 e. The van der Waals surface area contributed by atoms with Crippen molar-refractivity contribution in [3.05, 3.63) is 41.6 Å². The molecule has 2 aromatic rings. The van der Waals surface area contributed by atoms with Crippen molar-refractivity contribution in [2.75, 3.05) is 19.7 Å². The highest BCUT2D eigenvalue weighted by Crippen LogP contribution is 2.32. The van der Waals surface area contributed by atoms with Gasteiger partial charge in [-0.15, -0.1) is 10.2 Å². The summed E-state index contributed by atoms with van der Waals surface area (Å²) in [5.74, 6) is -1.49. The summed E-state index contributed by atoms with van der Waals surface area (Å²) in [4.78, 5) is 13.9. The van der Waals surface area contributed by atoms with E-state index in [1.807, 2.05) is 25.1 Å². The van der Waals surface area contributed by atoms with Crippen molar-refractivity contribution < 1.29 is 27.1 Å². The number of hydrogen-bond acceptors (Lipinski definition) is 5. The quantitative estimate of drug-likeness (QED) is 0.828. The number of halogens is 3. The van der Waals surface area contributed by atoms with Crippen molar-refractivity contribution in [2.45, 2.75) is 31.9 Å². The average Bonchev–Trinajstić information content (AvgIpc) is 3.10. The van der Waals surface area contributed by atoms with Crippen LogP contribution >= 0.6 is 0 Å². The van der Waals surface area contributed by atoms with Crippen molar-refractivity contribution in [3.8, 4) is 5.75 Å². The molecule has 0 N–H and O–H groups in total.